The minimum atomic E-state index is 0.0766. The molecule has 1 aliphatic rings. The fourth-order valence-corrected chi connectivity index (χ4v) is 6.97. The SMILES string of the molecule is CCCCCCCSc1nnc2n(C)c(=O)c3c4c(sc3n12)C[C@H](C(C)(C)C)CC4. The largest absolute Gasteiger partial charge is 0.279 e. The highest BCUT2D eigenvalue weighted by Gasteiger charge is 2.32. The Morgan fingerprint density at radius 1 is 1.17 bits per heavy atom. The van der Waals surface area contributed by atoms with Crippen molar-refractivity contribution in [1.82, 2.24) is 19.2 Å². The van der Waals surface area contributed by atoms with Gasteiger partial charge < -0.3 is 0 Å². The predicted octanol–water partition coefficient (Wildman–Crippen LogP) is 5.86. The Balaban J connectivity index is 1.71. The molecule has 0 spiro atoms. The molecule has 0 bridgehead atoms. The summed E-state index contributed by atoms with van der Waals surface area (Å²) in [6.45, 7) is 9.25. The number of aryl methyl sites for hydroxylation is 2. The first-order chi connectivity index (χ1) is 14.3. The van der Waals surface area contributed by atoms with Gasteiger partial charge in [0.05, 0.1) is 5.39 Å². The van der Waals surface area contributed by atoms with Crippen molar-refractivity contribution in [3.63, 3.8) is 0 Å². The number of hydrogen-bond donors (Lipinski definition) is 0. The molecular formula is C23H34N4OS2. The van der Waals surface area contributed by atoms with E-state index in [1.165, 1.54) is 42.5 Å². The van der Waals surface area contributed by atoms with Crippen LogP contribution in [0.25, 0.3) is 16.0 Å². The number of hydrogen-bond acceptors (Lipinski definition) is 5. The Kier molecular flexibility index (Phi) is 6.31. The monoisotopic (exact) mass is 446 g/mol. The quantitative estimate of drug-likeness (QED) is 0.337. The van der Waals surface area contributed by atoms with E-state index < -0.39 is 0 Å². The molecule has 0 radical (unpaired) electrons. The molecule has 5 nitrogen and oxygen atoms in total. The molecule has 3 aromatic heterocycles. The topological polar surface area (TPSA) is 52.2 Å². The lowest BCUT2D eigenvalue weighted by Crippen LogP contribution is -2.27. The smallest absolute Gasteiger partial charge is 0.263 e. The third kappa shape index (κ3) is 3.95. The molecule has 0 aliphatic heterocycles. The molecule has 0 unspecified atom stereocenters. The minimum absolute atomic E-state index is 0.0766. The lowest BCUT2D eigenvalue weighted by molar-refractivity contribution is 0.218. The summed E-state index contributed by atoms with van der Waals surface area (Å²) in [6.07, 6.45) is 9.60. The second-order valence-corrected chi connectivity index (χ2v) is 11.9. The van der Waals surface area contributed by atoms with Crippen LogP contribution in [0.5, 0.6) is 0 Å². The molecule has 0 fully saturated rings. The van der Waals surface area contributed by atoms with Crippen molar-refractivity contribution in [2.45, 2.75) is 84.2 Å². The molecule has 30 heavy (non-hydrogen) atoms. The third-order valence-electron chi connectivity index (χ3n) is 6.59. The summed E-state index contributed by atoms with van der Waals surface area (Å²) < 4.78 is 3.83. The number of thioether (sulfide) groups is 1. The molecule has 0 saturated heterocycles. The van der Waals surface area contributed by atoms with E-state index in [0.29, 0.717) is 17.1 Å². The van der Waals surface area contributed by atoms with E-state index in [0.717, 1.165) is 40.4 Å². The van der Waals surface area contributed by atoms with Gasteiger partial charge in [-0.25, -0.2) is 4.40 Å². The number of fused-ring (bicyclic) bond motifs is 5. The molecule has 4 rings (SSSR count). The summed E-state index contributed by atoms with van der Waals surface area (Å²) in [6, 6.07) is 0. The zero-order valence-electron chi connectivity index (χ0n) is 19.0. The van der Waals surface area contributed by atoms with Gasteiger partial charge in [-0.2, -0.15) is 0 Å². The van der Waals surface area contributed by atoms with E-state index in [-0.39, 0.29) is 5.56 Å². The Labute approximate surface area is 187 Å². The van der Waals surface area contributed by atoms with Crippen LogP contribution in [0.4, 0.5) is 0 Å². The van der Waals surface area contributed by atoms with Crippen LogP contribution in [0.1, 0.15) is 76.7 Å². The molecule has 1 aliphatic carbocycles. The first-order valence-electron chi connectivity index (χ1n) is 11.3. The summed E-state index contributed by atoms with van der Waals surface area (Å²) in [5.74, 6) is 2.37. The van der Waals surface area contributed by atoms with E-state index in [9.17, 15) is 4.79 Å². The third-order valence-corrected chi connectivity index (χ3v) is 8.84. The van der Waals surface area contributed by atoms with E-state index in [1.807, 2.05) is 7.05 Å². The van der Waals surface area contributed by atoms with Gasteiger partial charge in [0, 0.05) is 17.7 Å². The lowest BCUT2D eigenvalue weighted by Gasteiger charge is -2.33. The summed E-state index contributed by atoms with van der Waals surface area (Å²) in [7, 11) is 1.83. The standard InChI is InChI=1S/C23H34N4OS2/c1-6-7-8-9-10-13-29-22-25-24-21-26(5)19(28)18-16-12-11-15(23(2,3)4)14-17(16)30-20(18)27(21)22/h15H,6-14H2,1-5H3/t15-/m1/s1. The molecular weight excluding hydrogens is 412 g/mol. The Hall–Kier alpha value is -1.34. The summed E-state index contributed by atoms with van der Waals surface area (Å²) in [4.78, 5) is 15.6. The summed E-state index contributed by atoms with van der Waals surface area (Å²) in [5, 5.41) is 10.7. The van der Waals surface area contributed by atoms with E-state index >= 15 is 0 Å². The first-order valence-corrected chi connectivity index (χ1v) is 13.1. The predicted molar refractivity (Wildman–Crippen MR) is 128 cm³/mol. The maximum absolute atomic E-state index is 13.2. The van der Waals surface area contributed by atoms with Crippen LogP contribution in [-0.4, -0.2) is 24.9 Å². The minimum Gasteiger partial charge on any atom is -0.279 e. The fourth-order valence-electron chi connectivity index (χ4n) is 4.57. The average Bonchev–Trinajstić information content (AvgIpc) is 3.29. The first kappa shape index (κ1) is 21.9. The van der Waals surface area contributed by atoms with Gasteiger partial charge in [-0.1, -0.05) is 65.1 Å². The Morgan fingerprint density at radius 3 is 2.67 bits per heavy atom. The lowest BCUT2D eigenvalue weighted by atomic mass is 9.72. The van der Waals surface area contributed by atoms with Crippen molar-refractivity contribution in [2.24, 2.45) is 18.4 Å². The fraction of sp³-hybridized carbons (Fsp3) is 0.696. The Morgan fingerprint density at radius 2 is 1.93 bits per heavy atom. The second-order valence-electron chi connectivity index (χ2n) is 9.73. The van der Waals surface area contributed by atoms with Gasteiger partial charge in [0.1, 0.15) is 4.83 Å². The van der Waals surface area contributed by atoms with Crippen LogP contribution in [0.2, 0.25) is 0 Å². The van der Waals surface area contributed by atoms with Crippen molar-refractivity contribution in [3.8, 4) is 0 Å². The Bertz CT molecular complexity index is 1100. The molecule has 1 atom stereocenters. The maximum Gasteiger partial charge on any atom is 0.263 e. The molecule has 0 aromatic carbocycles. The molecule has 3 aromatic rings. The van der Waals surface area contributed by atoms with E-state index in [2.05, 4.69) is 42.3 Å². The highest BCUT2D eigenvalue weighted by atomic mass is 32.2. The van der Waals surface area contributed by atoms with Gasteiger partial charge in [-0.05, 0) is 42.6 Å². The number of unbranched alkanes of at least 4 members (excludes halogenated alkanes) is 4. The van der Waals surface area contributed by atoms with Crippen LogP contribution in [0.3, 0.4) is 0 Å². The number of rotatable bonds is 7. The average molecular weight is 447 g/mol. The van der Waals surface area contributed by atoms with Crippen molar-refractivity contribution < 1.29 is 0 Å². The van der Waals surface area contributed by atoms with Crippen LogP contribution < -0.4 is 5.56 Å². The molecule has 7 heteroatoms. The van der Waals surface area contributed by atoms with Gasteiger partial charge in [0.15, 0.2) is 5.16 Å². The number of thiophene rings is 1. The van der Waals surface area contributed by atoms with Crippen LogP contribution in [-0.2, 0) is 19.9 Å². The van der Waals surface area contributed by atoms with Crippen molar-refractivity contribution in [3.05, 3.63) is 20.8 Å². The molecule has 0 N–H and O–H groups in total. The zero-order valence-corrected chi connectivity index (χ0v) is 20.6. The van der Waals surface area contributed by atoms with Gasteiger partial charge >= 0.3 is 0 Å². The number of aromatic nitrogens is 4. The van der Waals surface area contributed by atoms with E-state index in [1.54, 1.807) is 27.7 Å². The van der Waals surface area contributed by atoms with Gasteiger partial charge in [-0.3, -0.25) is 9.36 Å². The molecule has 164 valence electrons. The zero-order chi connectivity index (χ0) is 21.5. The number of nitrogens with zero attached hydrogens (tertiary/aromatic N) is 4. The normalized spacial score (nSPS) is 17.2. The van der Waals surface area contributed by atoms with Crippen molar-refractivity contribution in [1.29, 1.82) is 0 Å². The molecule has 0 saturated carbocycles. The van der Waals surface area contributed by atoms with Gasteiger partial charge in [0.2, 0.25) is 5.78 Å². The highest BCUT2D eigenvalue weighted by molar-refractivity contribution is 7.99. The summed E-state index contributed by atoms with van der Waals surface area (Å²) in [5.41, 5.74) is 1.65. The molecule has 3 heterocycles. The molecule has 0 amide bonds. The second kappa shape index (κ2) is 8.65. The van der Waals surface area contributed by atoms with Gasteiger partial charge in [0.25, 0.3) is 5.56 Å². The van der Waals surface area contributed by atoms with Crippen LogP contribution >= 0.6 is 23.1 Å². The highest BCUT2D eigenvalue weighted by Crippen LogP contribution is 2.43. The maximum atomic E-state index is 13.2. The van der Waals surface area contributed by atoms with Crippen LogP contribution in [0, 0.1) is 11.3 Å². The van der Waals surface area contributed by atoms with Crippen molar-refractivity contribution >= 4 is 39.1 Å². The van der Waals surface area contributed by atoms with E-state index in [4.69, 9.17) is 0 Å². The van der Waals surface area contributed by atoms with Crippen LogP contribution in [0.15, 0.2) is 9.95 Å². The summed E-state index contributed by atoms with van der Waals surface area (Å²) >= 11 is 3.57. The van der Waals surface area contributed by atoms with Gasteiger partial charge in [-0.15, -0.1) is 21.5 Å². The van der Waals surface area contributed by atoms with Crippen molar-refractivity contribution in [2.75, 3.05) is 5.75 Å².